The number of ether oxygens (including phenoxy) is 2. The molecule has 2 atom stereocenters. The number of aryl methyl sites for hydroxylation is 1. The number of methoxy groups -OCH3 is 1. The second-order valence-corrected chi connectivity index (χ2v) is 9.71. The number of piperazine rings is 1. The number of carbonyl (C=O) groups excluding carboxylic acids is 3. The molecule has 1 fully saturated rings. The number of carbonyl (C=O) groups is 3. The molecular formula is C19H26N2O7S. The average Bonchev–Trinajstić information content (AvgIpc) is 2.60. The first kappa shape index (κ1) is 22.8. The number of sulfonamides is 1. The minimum absolute atomic E-state index is 0.0166. The van der Waals surface area contributed by atoms with Crippen LogP contribution < -0.4 is 0 Å². The molecule has 1 aliphatic rings. The van der Waals surface area contributed by atoms with E-state index in [4.69, 9.17) is 9.47 Å². The first-order valence-electron chi connectivity index (χ1n) is 9.01. The minimum Gasteiger partial charge on any atom is -0.467 e. The Morgan fingerprint density at radius 3 is 2.17 bits per heavy atom. The summed E-state index contributed by atoms with van der Waals surface area (Å²) in [5.74, 6) is -1.79. The molecule has 1 aromatic carbocycles. The molecule has 10 heteroatoms. The van der Waals surface area contributed by atoms with Gasteiger partial charge in [-0.05, 0) is 46.8 Å². The molecule has 0 N–H and O–H groups in total. The fourth-order valence-electron chi connectivity index (χ4n) is 2.98. The summed E-state index contributed by atoms with van der Waals surface area (Å²) in [6, 6.07) is 3.59. The first-order valence-corrected chi connectivity index (χ1v) is 10.4. The second kappa shape index (κ2) is 8.11. The van der Waals surface area contributed by atoms with Gasteiger partial charge in [0.15, 0.2) is 6.04 Å². The normalized spacial score (nSPS) is 21.0. The Morgan fingerprint density at radius 2 is 1.69 bits per heavy atom. The predicted molar refractivity (Wildman–Crippen MR) is 103 cm³/mol. The lowest BCUT2D eigenvalue weighted by Crippen LogP contribution is -2.66. The van der Waals surface area contributed by atoms with E-state index in [1.807, 2.05) is 6.92 Å². The zero-order valence-electron chi connectivity index (χ0n) is 17.3. The molecule has 0 aliphatic carbocycles. The number of hydrogen-bond donors (Lipinski definition) is 0. The molecule has 0 unspecified atom stereocenters. The smallest absolute Gasteiger partial charge is 0.417 e. The van der Waals surface area contributed by atoms with Gasteiger partial charge in [0.25, 0.3) is 0 Å². The number of benzene rings is 1. The van der Waals surface area contributed by atoms with Gasteiger partial charge in [-0.15, -0.1) is 0 Å². The maximum atomic E-state index is 13.1. The number of hydrogen-bond acceptors (Lipinski definition) is 7. The Bertz CT molecular complexity index is 903. The Labute approximate surface area is 170 Å². The molecule has 1 aromatic rings. The lowest BCUT2D eigenvalue weighted by molar-refractivity contribution is -0.158. The van der Waals surface area contributed by atoms with Crippen molar-refractivity contribution >= 4 is 28.0 Å². The zero-order chi connectivity index (χ0) is 22.1. The lowest BCUT2D eigenvalue weighted by atomic mass is 10.1. The lowest BCUT2D eigenvalue weighted by Gasteiger charge is -2.42. The van der Waals surface area contributed by atoms with Gasteiger partial charge in [0.1, 0.15) is 5.60 Å². The van der Waals surface area contributed by atoms with Crippen molar-refractivity contribution in [3.05, 3.63) is 29.8 Å². The van der Waals surface area contributed by atoms with Crippen molar-refractivity contribution in [2.45, 2.75) is 57.2 Å². The van der Waals surface area contributed by atoms with Crippen molar-refractivity contribution in [3.63, 3.8) is 0 Å². The van der Waals surface area contributed by atoms with Crippen LogP contribution in [0.5, 0.6) is 0 Å². The standard InChI is InChI=1S/C19H26N2O7S/c1-12-7-9-14(10-8-12)29(25,26)20-11-15(22)21(18(24)28-19(3,4)5)16(13(20)2)17(23)27-6/h7-10,13,16H,11H2,1-6H3/t13-,16+/m1/s1. The molecule has 160 valence electrons. The van der Waals surface area contributed by atoms with E-state index in [-0.39, 0.29) is 4.90 Å². The summed E-state index contributed by atoms with van der Waals surface area (Å²) >= 11 is 0. The summed E-state index contributed by atoms with van der Waals surface area (Å²) in [5.41, 5.74) is -0.0397. The molecule has 1 saturated heterocycles. The maximum Gasteiger partial charge on any atom is 0.417 e. The highest BCUT2D eigenvalue weighted by atomic mass is 32.2. The van der Waals surface area contributed by atoms with Crippen molar-refractivity contribution in [3.8, 4) is 0 Å². The molecule has 29 heavy (non-hydrogen) atoms. The van der Waals surface area contributed by atoms with E-state index in [0.29, 0.717) is 4.90 Å². The van der Waals surface area contributed by atoms with E-state index in [9.17, 15) is 22.8 Å². The molecule has 1 aliphatic heterocycles. The van der Waals surface area contributed by atoms with Crippen molar-refractivity contribution in [1.82, 2.24) is 9.21 Å². The van der Waals surface area contributed by atoms with Crippen LogP contribution in [-0.2, 0) is 29.1 Å². The van der Waals surface area contributed by atoms with Crippen LogP contribution in [-0.4, -0.2) is 66.9 Å². The van der Waals surface area contributed by atoms with Crippen molar-refractivity contribution in [2.75, 3.05) is 13.7 Å². The van der Waals surface area contributed by atoms with Gasteiger partial charge in [0.05, 0.1) is 24.6 Å². The van der Waals surface area contributed by atoms with Crippen LogP contribution in [0.3, 0.4) is 0 Å². The maximum absolute atomic E-state index is 13.1. The molecular weight excluding hydrogens is 400 g/mol. The first-order chi connectivity index (χ1) is 13.3. The highest BCUT2D eigenvalue weighted by Gasteiger charge is 2.51. The Kier molecular flexibility index (Phi) is 6.39. The van der Waals surface area contributed by atoms with E-state index in [1.165, 1.54) is 19.1 Å². The summed E-state index contributed by atoms with van der Waals surface area (Å²) in [7, 11) is -3.00. The number of imide groups is 1. The molecule has 0 radical (unpaired) electrons. The summed E-state index contributed by atoms with van der Waals surface area (Å²) in [4.78, 5) is 38.4. The number of rotatable bonds is 3. The van der Waals surface area contributed by atoms with Crippen LogP contribution in [0.1, 0.15) is 33.3 Å². The molecule has 1 heterocycles. The quantitative estimate of drug-likeness (QED) is 0.677. The number of amides is 2. The Balaban J connectivity index is 2.46. The average molecular weight is 426 g/mol. The van der Waals surface area contributed by atoms with Crippen molar-refractivity contribution in [2.24, 2.45) is 0 Å². The SMILES string of the molecule is COC(=O)[C@@H]1[C@@H](C)N(S(=O)(=O)c2ccc(C)cc2)CC(=O)N1C(=O)OC(C)(C)C. The topological polar surface area (TPSA) is 110 Å². The van der Waals surface area contributed by atoms with Gasteiger partial charge in [-0.2, -0.15) is 4.31 Å². The van der Waals surface area contributed by atoms with Crippen molar-refractivity contribution < 1.29 is 32.3 Å². The largest absolute Gasteiger partial charge is 0.467 e. The van der Waals surface area contributed by atoms with Gasteiger partial charge >= 0.3 is 12.1 Å². The highest BCUT2D eigenvalue weighted by molar-refractivity contribution is 7.89. The van der Waals surface area contributed by atoms with Gasteiger partial charge in [0, 0.05) is 0 Å². The van der Waals surface area contributed by atoms with Gasteiger partial charge in [-0.3, -0.25) is 4.79 Å². The van der Waals surface area contributed by atoms with E-state index in [0.717, 1.165) is 17.0 Å². The molecule has 0 aromatic heterocycles. The molecule has 0 saturated carbocycles. The van der Waals surface area contributed by atoms with Crippen LogP contribution in [0.2, 0.25) is 0 Å². The van der Waals surface area contributed by atoms with Gasteiger partial charge in [-0.1, -0.05) is 17.7 Å². The zero-order valence-corrected chi connectivity index (χ0v) is 18.1. The van der Waals surface area contributed by atoms with Gasteiger partial charge < -0.3 is 9.47 Å². The van der Waals surface area contributed by atoms with E-state index in [2.05, 4.69) is 0 Å². The third-order valence-electron chi connectivity index (χ3n) is 4.41. The van der Waals surface area contributed by atoms with Crippen LogP contribution >= 0.6 is 0 Å². The number of nitrogens with zero attached hydrogens (tertiary/aromatic N) is 2. The van der Waals surface area contributed by atoms with Gasteiger partial charge in [0.2, 0.25) is 15.9 Å². The second-order valence-electron chi connectivity index (χ2n) is 7.82. The highest BCUT2D eigenvalue weighted by Crippen LogP contribution is 2.28. The fourth-order valence-corrected chi connectivity index (χ4v) is 4.57. The third-order valence-corrected chi connectivity index (χ3v) is 6.36. The molecule has 0 spiro atoms. The molecule has 2 rings (SSSR count). The van der Waals surface area contributed by atoms with Gasteiger partial charge in [-0.25, -0.2) is 22.9 Å². The molecule has 2 amide bonds. The summed E-state index contributed by atoms with van der Waals surface area (Å²) in [5, 5.41) is 0. The van der Waals surface area contributed by atoms with Crippen LogP contribution in [0.4, 0.5) is 4.79 Å². The Hall–Kier alpha value is -2.46. The van der Waals surface area contributed by atoms with Crippen LogP contribution in [0.25, 0.3) is 0 Å². The Morgan fingerprint density at radius 1 is 1.14 bits per heavy atom. The minimum atomic E-state index is -4.09. The van der Waals surface area contributed by atoms with E-state index in [1.54, 1.807) is 32.9 Å². The van der Waals surface area contributed by atoms with E-state index < -0.39 is 52.2 Å². The fraction of sp³-hybridized carbons (Fsp3) is 0.526. The predicted octanol–water partition coefficient (Wildman–Crippen LogP) is 1.69. The van der Waals surface area contributed by atoms with Crippen LogP contribution in [0.15, 0.2) is 29.2 Å². The van der Waals surface area contributed by atoms with Crippen LogP contribution in [0, 0.1) is 6.92 Å². The van der Waals surface area contributed by atoms with Crippen molar-refractivity contribution in [1.29, 1.82) is 0 Å². The monoisotopic (exact) mass is 426 g/mol. The van der Waals surface area contributed by atoms with E-state index >= 15 is 0 Å². The summed E-state index contributed by atoms with van der Waals surface area (Å²) < 4.78 is 37.1. The number of esters is 1. The summed E-state index contributed by atoms with van der Waals surface area (Å²) in [6.07, 6.45) is -1.03. The third kappa shape index (κ3) is 4.76. The molecule has 9 nitrogen and oxygen atoms in total. The molecule has 0 bridgehead atoms. The summed E-state index contributed by atoms with van der Waals surface area (Å²) in [6.45, 7) is 7.49.